The number of quaternary nitrogens is 1. The number of nitrogens with one attached hydrogen (secondary N) is 2. The van der Waals surface area contributed by atoms with Gasteiger partial charge >= 0.3 is 5.82 Å². The van der Waals surface area contributed by atoms with E-state index in [-0.39, 0.29) is 28.7 Å². The zero-order valence-electron chi connectivity index (χ0n) is 23.4. The van der Waals surface area contributed by atoms with Gasteiger partial charge in [-0.2, -0.15) is 0 Å². The Hall–Kier alpha value is -4.19. The van der Waals surface area contributed by atoms with Gasteiger partial charge in [0.15, 0.2) is 5.69 Å². The second-order valence-corrected chi connectivity index (χ2v) is 10.8. The maximum Gasteiger partial charge on any atom is 0.391 e. The van der Waals surface area contributed by atoms with Crippen LogP contribution in [0.5, 0.6) is 0 Å². The van der Waals surface area contributed by atoms with Crippen LogP contribution in [-0.2, 0) is 24.8 Å². The number of nitro groups is 1. The predicted molar refractivity (Wildman–Crippen MR) is 160 cm³/mol. The molecule has 0 saturated heterocycles. The van der Waals surface area contributed by atoms with E-state index in [1.165, 1.54) is 12.4 Å². The molecule has 14 heteroatoms. The average molecular weight is 699 g/mol. The Kier molecular flexibility index (Phi) is 10.5. The standard InChI is InChI=1S/C28H28BrN9O3.BrH/c1-6-18-13-19(10-11-21(18)29)33-27-20-14-24(30-15-22(20)31-17-32-27)34-26(39)9-8-12-38(4,5)16-23-28(37(40)41)35-25(7-2)36(23)3;/h1,8-11,13-15,17H,7,12,16H2,2-5H3,(H-,30,31,32,33,34,39);1H/b9-8+;. The minimum Gasteiger partial charge on any atom is -1.00 e. The molecule has 0 aliphatic heterocycles. The van der Waals surface area contributed by atoms with Gasteiger partial charge in [-0.1, -0.05) is 12.8 Å². The second kappa shape index (κ2) is 13.6. The van der Waals surface area contributed by atoms with Crippen LogP contribution >= 0.6 is 15.9 Å². The molecule has 0 spiro atoms. The normalized spacial score (nSPS) is 11.2. The zero-order chi connectivity index (χ0) is 29.7. The Morgan fingerprint density at radius 3 is 2.71 bits per heavy atom. The van der Waals surface area contributed by atoms with Crippen molar-refractivity contribution in [2.75, 3.05) is 31.3 Å². The Bertz CT molecular complexity index is 1710. The van der Waals surface area contributed by atoms with Crippen LogP contribution in [0.1, 0.15) is 24.0 Å². The van der Waals surface area contributed by atoms with Crippen molar-refractivity contribution >= 4 is 55.9 Å². The number of terminal acetylenes is 1. The number of hydrogen-bond acceptors (Lipinski definition) is 8. The van der Waals surface area contributed by atoms with Crippen molar-refractivity contribution < 1.29 is 31.2 Å². The third kappa shape index (κ3) is 7.55. The number of aromatic nitrogens is 5. The number of benzene rings is 1. The van der Waals surface area contributed by atoms with Crippen molar-refractivity contribution in [1.82, 2.24) is 24.5 Å². The summed E-state index contributed by atoms with van der Waals surface area (Å²) in [4.78, 5) is 40.9. The highest BCUT2D eigenvalue weighted by Crippen LogP contribution is 2.27. The first-order valence-corrected chi connectivity index (χ1v) is 13.4. The van der Waals surface area contributed by atoms with Gasteiger partial charge in [-0.25, -0.2) is 15.0 Å². The summed E-state index contributed by atoms with van der Waals surface area (Å²) in [6.07, 6.45) is 12.3. The lowest BCUT2D eigenvalue weighted by molar-refractivity contribution is -0.898. The summed E-state index contributed by atoms with van der Waals surface area (Å²) in [7, 11) is 5.65. The van der Waals surface area contributed by atoms with Crippen LogP contribution in [0.15, 0.2) is 53.4 Å². The Morgan fingerprint density at radius 2 is 2.02 bits per heavy atom. The molecule has 12 nitrogen and oxygen atoms in total. The lowest BCUT2D eigenvalue weighted by Gasteiger charge is -2.28. The fraction of sp³-hybridized carbons (Fsp3) is 0.250. The van der Waals surface area contributed by atoms with Crippen molar-refractivity contribution in [3.63, 3.8) is 0 Å². The number of fused-ring (bicyclic) bond motifs is 1. The third-order valence-electron chi connectivity index (χ3n) is 6.38. The van der Waals surface area contributed by atoms with Crippen molar-refractivity contribution in [2.24, 2.45) is 7.05 Å². The zero-order valence-corrected chi connectivity index (χ0v) is 26.6. The first-order valence-electron chi connectivity index (χ1n) is 12.6. The van der Waals surface area contributed by atoms with E-state index in [0.717, 1.165) is 10.2 Å². The van der Waals surface area contributed by atoms with Gasteiger partial charge in [0.2, 0.25) is 11.7 Å². The lowest BCUT2D eigenvalue weighted by atomic mass is 10.2. The number of nitrogens with zero attached hydrogens (tertiary/aromatic N) is 7. The maximum absolute atomic E-state index is 12.7. The Balaban J connectivity index is 0.00000484. The molecule has 0 aliphatic carbocycles. The average Bonchev–Trinajstić information content (AvgIpc) is 3.24. The Labute approximate surface area is 261 Å². The van der Waals surface area contributed by atoms with Crippen molar-refractivity contribution in [3.05, 3.63) is 80.6 Å². The Morgan fingerprint density at radius 1 is 1.26 bits per heavy atom. The number of carbonyl (C=O) groups excluding carboxylic acids is 1. The van der Waals surface area contributed by atoms with Gasteiger partial charge in [0.05, 0.1) is 32.4 Å². The molecular weight excluding hydrogens is 670 g/mol. The third-order valence-corrected chi connectivity index (χ3v) is 7.07. The van der Waals surface area contributed by atoms with E-state index >= 15 is 0 Å². The summed E-state index contributed by atoms with van der Waals surface area (Å²) in [5.74, 6) is 3.64. The molecule has 42 heavy (non-hydrogen) atoms. The van der Waals surface area contributed by atoms with Crippen LogP contribution < -0.4 is 27.6 Å². The number of pyridine rings is 1. The fourth-order valence-corrected chi connectivity index (χ4v) is 4.63. The largest absolute Gasteiger partial charge is 1.00 e. The summed E-state index contributed by atoms with van der Waals surface area (Å²) in [6.45, 7) is 2.73. The topological polar surface area (TPSA) is 141 Å². The van der Waals surface area contributed by atoms with Crippen LogP contribution in [-0.4, -0.2) is 60.5 Å². The van der Waals surface area contributed by atoms with E-state index in [0.29, 0.717) is 63.6 Å². The van der Waals surface area contributed by atoms with Crippen molar-refractivity contribution in [3.8, 4) is 12.3 Å². The fourth-order valence-electron chi connectivity index (χ4n) is 4.27. The first-order chi connectivity index (χ1) is 19.5. The van der Waals surface area contributed by atoms with Gasteiger partial charge in [-0.05, 0) is 56.2 Å². The van der Waals surface area contributed by atoms with Crippen LogP contribution in [0.3, 0.4) is 0 Å². The highest BCUT2D eigenvalue weighted by Gasteiger charge is 2.30. The van der Waals surface area contributed by atoms with Gasteiger partial charge in [0, 0.05) is 40.7 Å². The summed E-state index contributed by atoms with van der Waals surface area (Å²) in [6, 6.07) is 7.22. The molecule has 0 unspecified atom stereocenters. The molecule has 0 fully saturated rings. The quantitative estimate of drug-likeness (QED) is 0.0835. The number of likely N-dealkylation sites (N-methyl/N-ethyl adjacent to an activating group) is 1. The minimum absolute atomic E-state index is 0. The van der Waals surface area contributed by atoms with E-state index in [4.69, 9.17) is 6.42 Å². The van der Waals surface area contributed by atoms with E-state index in [9.17, 15) is 14.9 Å². The summed E-state index contributed by atoms with van der Waals surface area (Å²) in [5, 5.41) is 18.2. The molecule has 218 valence electrons. The molecule has 3 aromatic heterocycles. The van der Waals surface area contributed by atoms with Gasteiger partial charge in [-0.15, -0.1) is 6.42 Å². The summed E-state index contributed by atoms with van der Waals surface area (Å²) < 4.78 is 2.97. The first kappa shape index (κ1) is 32.3. The SMILES string of the molecule is C#Cc1cc(Nc2ncnc3cnc(NC(=O)/C=C/C[N+](C)(C)Cc4c([N+](=O)[O-])nc(CC)n4C)cc23)ccc1Br.[Br-]. The number of halogens is 2. The molecule has 0 saturated carbocycles. The van der Waals surface area contributed by atoms with Crippen LogP contribution in [0.4, 0.5) is 23.1 Å². The molecule has 4 aromatic rings. The van der Waals surface area contributed by atoms with Crippen LogP contribution in [0.25, 0.3) is 10.9 Å². The van der Waals surface area contributed by atoms with Crippen molar-refractivity contribution in [1.29, 1.82) is 0 Å². The van der Waals surface area contributed by atoms with E-state index in [1.54, 1.807) is 30.0 Å². The number of hydrogen-bond donors (Lipinski definition) is 2. The monoisotopic (exact) mass is 697 g/mol. The van der Waals surface area contributed by atoms with E-state index < -0.39 is 4.92 Å². The molecule has 0 bridgehead atoms. The molecular formula is C28H29Br2N9O3. The molecule has 4 rings (SSSR count). The van der Waals surface area contributed by atoms with Crippen LogP contribution in [0, 0.1) is 22.5 Å². The number of anilines is 3. The molecule has 0 aliphatic rings. The number of rotatable bonds is 10. The molecule has 3 heterocycles. The minimum atomic E-state index is -0.451. The van der Waals surface area contributed by atoms with E-state index in [2.05, 4.69) is 52.4 Å². The smallest absolute Gasteiger partial charge is 0.391 e. The molecule has 0 radical (unpaired) electrons. The van der Waals surface area contributed by atoms with Crippen molar-refractivity contribution in [2.45, 2.75) is 19.9 Å². The lowest BCUT2D eigenvalue weighted by Crippen LogP contribution is -3.00. The van der Waals surface area contributed by atoms with Gasteiger partial charge in [0.1, 0.15) is 24.5 Å². The van der Waals surface area contributed by atoms with E-state index in [1.807, 2.05) is 39.2 Å². The molecule has 0 atom stereocenters. The predicted octanol–water partition coefficient (Wildman–Crippen LogP) is 1.49. The number of aryl methyl sites for hydroxylation is 1. The second-order valence-electron chi connectivity index (χ2n) is 9.91. The van der Waals surface area contributed by atoms with Gasteiger partial charge < -0.3 is 46.8 Å². The molecule has 1 amide bonds. The molecule has 2 N–H and O–H groups in total. The highest BCUT2D eigenvalue weighted by atomic mass is 79.9. The number of amides is 1. The highest BCUT2D eigenvalue weighted by molar-refractivity contribution is 9.10. The number of carbonyl (C=O) groups is 1. The van der Waals surface area contributed by atoms with Gasteiger partial charge in [0.25, 0.3) is 0 Å². The van der Waals surface area contributed by atoms with Crippen LogP contribution in [0.2, 0.25) is 0 Å². The molecule has 1 aromatic carbocycles. The summed E-state index contributed by atoms with van der Waals surface area (Å²) in [5.41, 5.74) is 2.58. The maximum atomic E-state index is 12.7. The number of imidazole rings is 1. The van der Waals surface area contributed by atoms with Gasteiger partial charge in [-0.3, -0.25) is 4.79 Å². The summed E-state index contributed by atoms with van der Waals surface area (Å²) >= 11 is 3.43.